The van der Waals surface area contributed by atoms with Crippen LogP contribution >= 0.6 is 0 Å². The zero-order valence-corrected chi connectivity index (χ0v) is 17.2. The summed E-state index contributed by atoms with van der Waals surface area (Å²) >= 11 is 0. The molecule has 0 aromatic heterocycles. The minimum atomic E-state index is -1.64. The van der Waals surface area contributed by atoms with Crippen molar-refractivity contribution in [3.8, 4) is 6.07 Å². The lowest BCUT2D eigenvalue weighted by Gasteiger charge is -2.23. The summed E-state index contributed by atoms with van der Waals surface area (Å²) in [6.45, 7) is 8.64. The van der Waals surface area contributed by atoms with Gasteiger partial charge < -0.3 is 15.2 Å². The Labute approximate surface area is 161 Å². The van der Waals surface area contributed by atoms with Crippen molar-refractivity contribution >= 4 is 24.9 Å². The maximum Gasteiger partial charge on any atom is 0.333 e. The third-order valence-electron chi connectivity index (χ3n) is 4.24. The van der Waals surface area contributed by atoms with Crippen LogP contribution < -0.4 is 10.5 Å². The van der Waals surface area contributed by atoms with Crippen molar-refractivity contribution in [2.75, 3.05) is 11.9 Å². The van der Waals surface area contributed by atoms with Gasteiger partial charge in [0.2, 0.25) is 0 Å². The molecule has 1 atom stereocenters. The Bertz CT molecular complexity index is 836. The second kappa shape index (κ2) is 8.85. The molecule has 5 nitrogen and oxygen atoms in total. The molecule has 2 aromatic rings. The maximum absolute atomic E-state index is 12.6. The van der Waals surface area contributed by atoms with Gasteiger partial charge in [0.05, 0.1) is 32.9 Å². The zero-order valence-electron chi connectivity index (χ0n) is 16.2. The molecule has 142 valence electrons. The number of carbonyl (C=O) groups excluding carboxylic acids is 1. The number of aliphatic hydroxyl groups is 1. The zero-order chi connectivity index (χ0) is 20.0. The van der Waals surface area contributed by atoms with Crippen LogP contribution in [0, 0.1) is 11.3 Å². The first-order valence-corrected chi connectivity index (χ1v) is 12.5. The lowest BCUT2D eigenvalue weighted by molar-refractivity contribution is -0.144. The molecular weight excluding hydrogens is 356 g/mol. The highest BCUT2D eigenvalue weighted by Gasteiger charge is 2.25. The predicted molar refractivity (Wildman–Crippen MR) is 109 cm³/mol. The highest BCUT2D eigenvalue weighted by atomic mass is 28.3. The maximum atomic E-state index is 12.6. The van der Waals surface area contributed by atoms with Crippen molar-refractivity contribution in [1.29, 1.82) is 5.26 Å². The van der Waals surface area contributed by atoms with Crippen LogP contribution in [-0.4, -0.2) is 25.8 Å². The summed E-state index contributed by atoms with van der Waals surface area (Å²) in [5.41, 5.74) is 2.81. The van der Waals surface area contributed by atoms with Crippen molar-refractivity contribution in [3.05, 3.63) is 59.2 Å². The lowest BCUT2D eigenvalue weighted by atomic mass is 10.0. The Kier molecular flexibility index (Phi) is 6.78. The van der Waals surface area contributed by atoms with Crippen molar-refractivity contribution < 1.29 is 14.6 Å². The molecule has 0 saturated carbocycles. The average molecular weight is 383 g/mol. The Morgan fingerprint density at radius 1 is 1.22 bits per heavy atom. The van der Waals surface area contributed by atoms with Crippen LogP contribution in [-0.2, 0) is 16.1 Å². The first kappa shape index (κ1) is 20.7. The van der Waals surface area contributed by atoms with E-state index in [4.69, 9.17) is 10.00 Å². The number of nitriles is 1. The fourth-order valence-corrected chi connectivity index (χ4v) is 3.94. The molecule has 6 heteroatoms. The number of aliphatic hydroxyl groups excluding tert-OH is 1. The normalized spacial score (nSPS) is 12.1. The van der Waals surface area contributed by atoms with Crippen LogP contribution in [0.5, 0.6) is 0 Å². The lowest BCUT2D eigenvalue weighted by Crippen LogP contribution is -2.38. The van der Waals surface area contributed by atoms with E-state index in [1.165, 1.54) is 5.19 Å². The van der Waals surface area contributed by atoms with Gasteiger partial charge in [0.15, 0.2) is 6.04 Å². The molecule has 0 amide bonds. The topological polar surface area (TPSA) is 82.3 Å². The molecule has 0 aliphatic rings. The molecule has 0 radical (unpaired) electrons. The summed E-state index contributed by atoms with van der Waals surface area (Å²) < 4.78 is 5.27. The molecule has 0 aliphatic carbocycles. The molecule has 2 N–H and O–H groups in total. The van der Waals surface area contributed by atoms with E-state index >= 15 is 0 Å². The smallest absolute Gasteiger partial charge is 0.333 e. The third kappa shape index (κ3) is 5.42. The number of nitrogens with zero attached hydrogens (tertiary/aromatic N) is 1. The Hall–Kier alpha value is -2.62. The van der Waals surface area contributed by atoms with Gasteiger partial charge in [-0.1, -0.05) is 43.0 Å². The summed E-state index contributed by atoms with van der Waals surface area (Å²) in [5, 5.41) is 23.0. The first-order valence-electron chi connectivity index (χ1n) is 8.97. The SMILES string of the molecule is CCOC(=O)C(Nc1ccc(C#N)cc1)c1cc(CO)cc([Si](C)(C)C)c1. The number of carbonyl (C=O) groups is 1. The Morgan fingerprint density at radius 3 is 2.41 bits per heavy atom. The summed E-state index contributed by atoms with van der Waals surface area (Å²) in [4.78, 5) is 12.6. The number of hydrogen-bond donors (Lipinski definition) is 2. The van der Waals surface area contributed by atoms with Gasteiger partial charge in [0.1, 0.15) is 0 Å². The number of benzene rings is 2. The molecule has 2 aromatic carbocycles. The molecular formula is C21H26N2O3Si. The van der Waals surface area contributed by atoms with Crippen molar-refractivity contribution in [2.45, 2.75) is 39.2 Å². The molecule has 0 heterocycles. The second-order valence-corrected chi connectivity index (χ2v) is 12.5. The third-order valence-corrected chi connectivity index (χ3v) is 6.27. The first-order chi connectivity index (χ1) is 12.8. The van der Waals surface area contributed by atoms with E-state index in [1.807, 2.05) is 18.2 Å². The van der Waals surface area contributed by atoms with Crippen molar-refractivity contribution in [1.82, 2.24) is 0 Å². The van der Waals surface area contributed by atoms with Gasteiger partial charge in [-0.25, -0.2) is 4.79 Å². The summed E-state index contributed by atoms with van der Waals surface area (Å²) in [7, 11) is -1.64. The van der Waals surface area contributed by atoms with Crippen LogP contribution in [0.3, 0.4) is 0 Å². The van der Waals surface area contributed by atoms with E-state index in [1.54, 1.807) is 31.2 Å². The molecule has 0 spiro atoms. The van der Waals surface area contributed by atoms with E-state index in [0.29, 0.717) is 5.56 Å². The summed E-state index contributed by atoms with van der Waals surface area (Å²) in [6.07, 6.45) is 0. The summed E-state index contributed by atoms with van der Waals surface area (Å²) in [6, 6.07) is 14.2. The highest BCUT2D eigenvalue weighted by Crippen LogP contribution is 2.23. The van der Waals surface area contributed by atoms with E-state index in [0.717, 1.165) is 16.8 Å². The standard InChI is InChI=1S/C21H26N2O3Si/c1-5-26-21(25)20(23-18-8-6-15(13-22)7-9-18)17-10-16(14-24)11-19(12-17)27(2,3)4/h6-12,20,23-24H,5,14H2,1-4H3. The molecule has 0 fully saturated rings. The quantitative estimate of drug-likeness (QED) is 0.567. The second-order valence-electron chi connectivity index (χ2n) is 7.39. The average Bonchev–Trinajstić information content (AvgIpc) is 2.65. The fourth-order valence-electron chi connectivity index (χ4n) is 2.72. The number of ether oxygens (including phenoxy) is 1. The minimum absolute atomic E-state index is 0.0856. The van der Waals surface area contributed by atoms with Crippen LogP contribution in [0.2, 0.25) is 19.6 Å². The molecule has 27 heavy (non-hydrogen) atoms. The van der Waals surface area contributed by atoms with Crippen LogP contribution in [0.15, 0.2) is 42.5 Å². The largest absolute Gasteiger partial charge is 0.464 e. The van der Waals surface area contributed by atoms with Crippen LogP contribution in [0.4, 0.5) is 5.69 Å². The number of nitrogens with one attached hydrogen (secondary N) is 1. The number of anilines is 1. The monoisotopic (exact) mass is 382 g/mol. The predicted octanol–water partition coefficient (Wildman–Crippen LogP) is 3.31. The van der Waals surface area contributed by atoms with E-state index < -0.39 is 14.1 Å². The van der Waals surface area contributed by atoms with E-state index in [-0.39, 0.29) is 19.2 Å². The fraction of sp³-hybridized carbons (Fsp3) is 0.333. The van der Waals surface area contributed by atoms with E-state index in [9.17, 15) is 9.90 Å². The van der Waals surface area contributed by atoms with Crippen molar-refractivity contribution in [3.63, 3.8) is 0 Å². The summed E-state index contributed by atoms with van der Waals surface area (Å²) in [5.74, 6) is -0.376. The number of rotatable bonds is 7. The van der Waals surface area contributed by atoms with Gasteiger partial charge in [0.25, 0.3) is 0 Å². The van der Waals surface area contributed by atoms with Gasteiger partial charge in [0, 0.05) is 5.69 Å². The molecule has 0 aliphatic heterocycles. The molecule has 2 rings (SSSR count). The highest BCUT2D eigenvalue weighted by molar-refractivity contribution is 6.88. The van der Waals surface area contributed by atoms with Gasteiger partial charge in [-0.2, -0.15) is 5.26 Å². The van der Waals surface area contributed by atoms with Gasteiger partial charge >= 0.3 is 5.97 Å². The number of hydrogen-bond acceptors (Lipinski definition) is 5. The van der Waals surface area contributed by atoms with Crippen LogP contribution in [0.1, 0.15) is 29.7 Å². The molecule has 0 bridgehead atoms. The van der Waals surface area contributed by atoms with E-state index in [2.05, 4.69) is 31.0 Å². The van der Waals surface area contributed by atoms with Gasteiger partial charge in [-0.15, -0.1) is 0 Å². The molecule has 1 unspecified atom stereocenters. The van der Waals surface area contributed by atoms with Crippen molar-refractivity contribution in [2.24, 2.45) is 0 Å². The Balaban J connectivity index is 2.46. The number of esters is 1. The Morgan fingerprint density at radius 2 is 1.89 bits per heavy atom. The minimum Gasteiger partial charge on any atom is -0.464 e. The van der Waals surface area contributed by atoms with Gasteiger partial charge in [-0.3, -0.25) is 0 Å². The van der Waals surface area contributed by atoms with Gasteiger partial charge in [-0.05, 0) is 42.3 Å². The molecule has 0 saturated heterocycles. The van der Waals surface area contributed by atoms with Crippen LogP contribution in [0.25, 0.3) is 0 Å².